The molecular weight excluding hydrogens is 266 g/mol. The molecule has 1 atom stereocenters. The summed E-state index contributed by atoms with van der Waals surface area (Å²) in [5, 5.41) is 3.14. The summed E-state index contributed by atoms with van der Waals surface area (Å²) >= 11 is 0. The second-order valence-electron chi connectivity index (χ2n) is 4.38. The summed E-state index contributed by atoms with van der Waals surface area (Å²) in [6.45, 7) is 5.37. The van der Waals surface area contributed by atoms with E-state index in [1.165, 1.54) is 18.4 Å². The first kappa shape index (κ1) is 13.9. The molecule has 19 heavy (non-hydrogen) atoms. The lowest BCUT2D eigenvalue weighted by Crippen LogP contribution is -2.38. The fourth-order valence-electron chi connectivity index (χ4n) is 1.77. The van der Waals surface area contributed by atoms with Crippen molar-refractivity contribution < 1.29 is 17.9 Å². The smallest absolute Gasteiger partial charge is 0.175 e. The number of rotatable bonds is 5. The van der Waals surface area contributed by atoms with Gasteiger partial charge in [-0.05, 0) is 12.1 Å². The van der Waals surface area contributed by atoms with Gasteiger partial charge in [0.1, 0.15) is 12.7 Å². The van der Waals surface area contributed by atoms with Crippen LogP contribution >= 0.6 is 0 Å². The number of fused-ring (bicyclic) bond motifs is 1. The maximum atomic E-state index is 11.5. The molecule has 1 N–H and O–H groups in total. The molecule has 1 aromatic rings. The molecule has 1 heterocycles. The summed E-state index contributed by atoms with van der Waals surface area (Å²) in [7, 11) is -3.24. The van der Waals surface area contributed by atoms with Gasteiger partial charge in [-0.1, -0.05) is 6.08 Å². The molecule has 0 saturated carbocycles. The Hall–Kier alpha value is -1.53. The average molecular weight is 283 g/mol. The van der Waals surface area contributed by atoms with Crippen LogP contribution in [-0.4, -0.2) is 40.5 Å². The molecule has 0 radical (unpaired) electrons. The zero-order chi connectivity index (χ0) is 13.9. The van der Waals surface area contributed by atoms with E-state index >= 15 is 0 Å². The normalized spacial score (nSPS) is 18.1. The molecule has 0 spiro atoms. The van der Waals surface area contributed by atoms with E-state index in [4.69, 9.17) is 9.47 Å². The van der Waals surface area contributed by atoms with E-state index in [-0.39, 0.29) is 11.0 Å². The summed E-state index contributed by atoms with van der Waals surface area (Å²) < 4.78 is 34.3. The van der Waals surface area contributed by atoms with Crippen molar-refractivity contribution in [2.75, 3.05) is 26.0 Å². The largest absolute Gasteiger partial charge is 0.486 e. The number of benzene rings is 1. The monoisotopic (exact) mass is 283 g/mol. The minimum atomic E-state index is -3.24. The first-order chi connectivity index (χ1) is 9.00. The molecule has 6 heteroatoms. The van der Waals surface area contributed by atoms with E-state index in [2.05, 4.69) is 11.9 Å². The summed E-state index contributed by atoms with van der Waals surface area (Å²) in [6.07, 6.45) is 2.79. The fraction of sp³-hybridized carbons (Fsp3) is 0.385. The second-order valence-corrected chi connectivity index (χ2v) is 6.39. The molecule has 1 aliphatic heterocycles. The average Bonchev–Trinajstić information content (AvgIpc) is 2.37. The van der Waals surface area contributed by atoms with Crippen molar-refractivity contribution in [2.24, 2.45) is 0 Å². The predicted molar refractivity (Wildman–Crippen MR) is 72.5 cm³/mol. The van der Waals surface area contributed by atoms with E-state index in [9.17, 15) is 8.42 Å². The van der Waals surface area contributed by atoms with Gasteiger partial charge in [0.05, 0.1) is 4.90 Å². The Labute approximate surface area is 113 Å². The quantitative estimate of drug-likeness (QED) is 0.645. The maximum Gasteiger partial charge on any atom is 0.175 e. The number of ether oxygens (including phenoxy) is 2. The van der Waals surface area contributed by atoms with Crippen molar-refractivity contribution >= 4 is 9.84 Å². The fourth-order valence-corrected chi connectivity index (χ4v) is 2.41. The van der Waals surface area contributed by atoms with Gasteiger partial charge in [-0.3, -0.25) is 0 Å². The highest BCUT2D eigenvalue weighted by atomic mass is 32.2. The van der Waals surface area contributed by atoms with Crippen molar-refractivity contribution in [3.63, 3.8) is 0 Å². The number of sulfone groups is 1. The first-order valence-electron chi connectivity index (χ1n) is 5.96. The van der Waals surface area contributed by atoms with Crippen LogP contribution in [0.4, 0.5) is 0 Å². The molecule has 1 aliphatic rings. The second kappa shape index (κ2) is 5.63. The number of hydrogen-bond acceptors (Lipinski definition) is 5. The summed E-state index contributed by atoms with van der Waals surface area (Å²) in [4.78, 5) is 0.231. The Kier molecular flexibility index (Phi) is 4.11. The van der Waals surface area contributed by atoms with E-state index in [1.807, 2.05) is 0 Å². The Morgan fingerprint density at radius 3 is 2.95 bits per heavy atom. The zero-order valence-electron chi connectivity index (χ0n) is 10.8. The molecule has 1 unspecified atom stereocenters. The van der Waals surface area contributed by atoms with E-state index in [0.29, 0.717) is 31.2 Å². The third-order valence-electron chi connectivity index (χ3n) is 2.72. The first-order valence-corrected chi connectivity index (χ1v) is 7.85. The summed E-state index contributed by atoms with van der Waals surface area (Å²) in [5.41, 5.74) is 0. The lowest BCUT2D eigenvalue weighted by Gasteiger charge is -2.26. The van der Waals surface area contributed by atoms with E-state index in [1.54, 1.807) is 12.1 Å². The van der Waals surface area contributed by atoms with E-state index in [0.717, 1.165) is 0 Å². The van der Waals surface area contributed by atoms with Crippen LogP contribution in [0.2, 0.25) is 0 Å². The van der Waals surface area contributed by atoms with E-state index < -0.39 is 9.84 Å². The molecule has 0 aliphatic carbocycles. The van der Waals surface area contributed by atoms with Crippen molar-refractivity contribution in [1.82, 2.24) is 5.32 Å². The van der Waals surface area contributed by atoms with Crippen LogP contribution in [0.15, 0.2) is 35.7 Å². The van der Waals surface area contributed by atoms with Crippen LogP contribution in [0.5, 0.6) is 11.5 Å². The lowest BCUT2D eigenvalue weighted by molar-refractivity contribution is 0.0908. The van der Waals surface area contributed by atoms with Gasteiger partial charge >= 0.3 is 0 Å². The van der Waals surface area contributed by atoms with Crippen molar-refractivity contribution in [3.05, 3.63) is 30.9 Å². The standard InChI is InChI=1S/C13H17NO4S/c1-3-6-14-8-10-9-17-12-5-4-11(19(2,15)16)7-13(12)18-10/h3-5,7,10,14H,1,6,8-9H2,2H3. The molecule has 1 aromatic carbocycles. The molecular formula is C13H17NO4S. The minimum absolute atomic E-state index is 0.137. The van der Waals surface area contributed by atoms with Gasteiger partial charge in [-0.25, -0.2) is 8.42 Å². The predicted octanol–water partition coefficient (Wildman–Crippen LogP) is 1.01. The Morgan fingerprint density at radius 2 is 2.26 bits per heavy atom. The topological polar surface area (TPSA) is 64.6 Å². The van der Waals surface area contributed by atoms with Crippen LogP contribution in [-0.2, 0) is 9.84 Å². The van der Waals surface area contributed by atoms with Crippen molar-refractivity contribution in [2.45, 2.75) is 11.0 Å². The van der Waals surface area contributed by atoms with Crippen LogP contribution in [0.1, 0.15) is 0 Å². The van der Waals surface area contributed by atoms with Gasteiger partial charge in [-0.15, -0.1) is 6.58 Å². The summed E-state index contributed by atoms with van der Waals surface area (Å²) in [5.74, 6) is 1.05. The third-order valence-corrected chi connectivity index (χ3v) is 3.83. The molecule has 0 aromatic heterocycles. The maximum absolute atomic E-state index is 11.5. The van der Waals surface area contributed by atoms with Crippen molar-refractivity contribution in [3.8, 4) is 11.5 Å². The van der Waals surface area contributed by atoms with Gasteiger partial charge < -0.3 is 14.8 Å². The van der Waals surface area contributed by atoms with Crippen LogP contribution in [0.3, 0.4) is 0 Å². The molecule has 0 fully saturated rings. The molecule has 5 nitrogen and oxygen atoms in total. The van der Waals surface area contributed by atoms with Gasteiger partial charge in [0.25, 0.3) is 0 Å². The van der Waals surface area contributed by atoms with Gasteiger partial charge in [0, 0.05) is 25.4 Å². The molecule has 0 bridgehead atoms. The molecule has 0 amide bonds. The molecule has 2 rings (SSSR count). The van der Waals surface area contributed by atoms with Crippen LogP contribution in [0, 0.1) is 0 Å². The highest BCUT2D eigenvalue weighted by Crippen LogP contribution is 2.33. The molecule has 104 valence electrons. The summed E-state index contributed by atoms with van der Waals surface area (Å²) in [6, 6.07) is 4.65. The Balaban J connectivity index is 2.12. The van der Waals surface area contributed by atoms with Gasteiger partial charge in [0.2, 0.25) is 0 Å². The lowest BCUT2D eigenvalue weighted by atomic mass is 10.2. The zero-order valence-corrected chi connectivity index (χ0v) is 11.6. The van der Waals surface area contributed by atoms with Gasteiger partial charge in [0.15, 0.2) is 21.3 Å². The minimum Gasteiger partial charge on any atom is -0.486 e. The number of hydrogen-bond donors (Lipinski definition) is 1. The van der Waals surface area contributed by atoms with Crippen LogP contribution < -0.4 is 14.8 Å². The Bertz CT molecular complexity index is 568. The Morgan fingerprint density at radius 1 is 1.47 bits per heavy atom. The third kappa shape index (κ3) is 3.48. The SMILES string of the molecule is C=CCNCC1COc2ccc(S(C)(=O)=O)cc2O1. The highest BCUT2D eigenvalue weighted by molar-refractivity contribution is 7.90. The van der Waals surface area contributed by atoms with Crippen molar-refractivity contribution in [1.29, 1.82) is 0 Å². The van der Waals surface area contributed by atoms with Gasteiger partial charge in [-0.2, -0.15) is 0 Å². The highest BCUT2D eigenvalue weighted by Gasteiger charge is 2.22. The number of nitrogens with one attached hydrogen (secondary N) is 1. The molecule has 0 saturated heterocycles. The van der Waals surface area contributed by atoms with Crippen LogP contribution in [0.25, 0.3) is 0 Å².